The van der Waals surface area contributed by atoms with Crippen LogP contribution in [0.4, 0.5) is 11.4 Å². The minimum absolute atomic E-state index is 0.0581. The SMILES string of the molecule is CC1CCN(S(=O)(=O)c2ccc(C(=O)OCC(=O)Nc3cc(Cl)ccc3[N+](=O)[O-])cc2)CC1. The van der Waals surface area contributed by atoms with Crippen LogP contribution in [0, 0.1) is 16.0 Å². The second-order valence-electron chi connectivity index (χ2n) is 7.65. The number of esters is 1. The number of benzene rings is 2. The fourth-order valence-electron chi connectivity index (χ4n) is 3.31. The maximum absolute atomic E-state index is 12.8. The Morgan fingerprint density at radius 2 is 1.82 bits per heavy atom. The van der Waals surface area contributed by atoms with Crippen LogP contribution < -0.4 is 5.32 Å². The largest absolute Gasteiger partial charge is 0.452 e. The van der Waals surface area contributed by atoms with E-state index in [0.717, 1.165) is 18.9 Å². The number of piperidine rings is 1. The summed E-state index contributed by atoms with van der Waals surface area (Å²) >= 11 is 5.81. The number of rotatable bonds is 7. The molecule has 0 spiro atoms. The first-order chi connectivity index (χ1) is 15.6. The molecule has 1 N–H and O–H groups in total. The monoisotopic (exact) mass is 495 g/mol. The fourth-order valence-corrected chi connectivity index (χ4v) is 4.95. The summed E-state index contributed by atoms with van der Waals surface area (Å²) in [7, 11) is -3.65. The van der Waals surface area contributed by atoms with Crippen LogP contribution in [0.3, 0.4) is 0 Å². The average Bonchev–Trinajstić information content (AvgIpc) is 2.77. The molecule has 33 heavy (non-hydrogen) atoms. The van der Waals surface area contributed by atoms with Gasteiger partial charge in [-0.2, -0.15) is 4.31 Å². The molecule has 1 fully saturated rings. The van der Waals surface area contributed by atoms with Gasteiger partial charge >= 0.3 is 5.97 Å². The van der Waals surface area contributed by atoms with Gasteiger partial charge in [0.2, 0.25) is 10.0 Å². The molecule has 1 saturated heterocycles. The van der Waals surface area contributed by atoms with Gasteiger partial charge in [0.1, 0.15) is 5.69 Å². The van der Waals surface area contributed by atoms with Crippen molar-refractivity contribution in [3.05, 3.63) is 63.2 Å². The van der Waals surface area contributed by atoms with Gasteiger partial charge in [0.05, 0.1) is 15.4 Å². The van der Waals surface area contributed by atoms with E-state index in [1.54, 1.807) is 0 Å². The Morgan fingerprint density at radius 1 is 1.18 bits per heavy atom. The number of halogens is 1. The van der Waals surface area contributed by atoms with Gasteiger partial charge < -0.3 is 10.1 Å². The number of carbonyl (C=O) groups excluding carboxylic acids is 2. The molecule has 0 saturated carbocycles. The molecule has 0 unspecified atom stereocenters. The van der Waals surface area contributed by atoms with Crippen molar-refractivity contribution in [1.29, 1.82) is 0 Å². The molecule has 0 aromatic heterocycles. The third kappa shape index (κ3) is 6.06. The Balaban J connectivity index is 1.59. The molecule has 10 nitrogen and oxygen atoms in total. The molecular formula is C21H22ClN3O7S. The predicted octanol–water partition coefficient (Wildman–Crippen LogP) is 3.46. The Bertz CT molecular complexity index is 1160. The molecule has 2 aromatic rings. The number of amides is 1. The summed E-state index contributed by atoms with van der Waals surface area (Å²) in [6.07, 6.45) is 1.59. The molecule has 1 heterocycles. The van der Waals surface area contributed by atoms with E-state index in [2.05, 4.69) is 12.2 Å². The minimum atomic E-state index is -3.65. The molecule has 1 amide bonds. The smallest absolute Gasteiger partial charge is 0.338 e. The van der Waals surface area contributed by atoms with E-state index in [0.29, 0.717) is 19.0 Å². The molecule has 0 atom stereocenters. The number of ether oxygens (including phenoxy) is 1. The molecule has 176 valence electrons. The number of nitro benzene ring substituents is 1. The van der Waals surface area contributed by atoms with E-state index in [1.807, 2.05) is 0 Å². The van der Waals surface area contributed by atoms with Crippen LogP contribution in [-0.4, -0.2) is 49.2 Å². The van der Waals surface area contributed by atoms with Crippen LogP contribution in [0.1, 0.15) is 30.1 Å². The van der Waals surface area contributed by atoms with Gasteiger partial charge in [-0.15, -0.1) is 0 Å². The Hall–Kier alpha value is -3.02. The third-order valence-corrected chi connectivity index (χ3v) is 7.38. The number of hydrogen-bond donors (Lipinski definition) is 1. The van der Waals surface area contributed by atoms with Gasteiger partial charge in [0.15, 0.2) is 6.61 Å². The van der Waals surface area contributed by atoms with Crippen LogP contribution in [0.2, 0.25) is 5.02 Å². The zero-order valence-electron chi connectivity index (χ0n) is 17.7. The standard InChI is InChI=1S/C21H22ClN3O7S/c1-14-8-10-24(11-9-14)33(30,31)17-5-2-15(3-6-17)21(27)32-13-20(26)23-18-12-16(22)4-7-19(18)25(28)29/h2-7,12,14H,8-11,13H2,1H3,(H,23,26). The highest BCUT2D eigenvalue weighted by Crippen LogP contribution is 2.27. The van der Waals surface area contributed by atoms with Crippen LogP contribution in [0.5, 0.6) is 0 Å². The molecule has 0 bridgehead atoms. The second kappa shape index (κ2) is 10.3. The van der Waals surface area contributed by atoms with E-state index < -0.39 is 33.4 Å². The summed E-state index contributed by atoms with van der Waals surface area (Å²) < 4.78 is 31.9. The topological polar surface area (TPSA) is 136 Å². The number of anilines is 1. The third-order valence-electron chi connectivity index (χ3n) is 5.23. The first kappa shape index (κ1) is 24.6. The maximum atomic E-state index is 12.8. The highest BCUT2D eigenvalue weighted by Gasteiger charge is 2.28. The summed E-state index contributed by atoms with van der Waals surface area (Å²) in [5.74, 6) is -1.16. The van der Waals surface area contributed by atoms with Crippen molar-refractivity contribution in [1.82, 2.24) is 4.31 Å². The first-order valence-electron chi connectivity index (χ1n) is 10.1. The van der Waals surface area contributed by atoms with Crippen molar-refractivity contribution in [3.63, 3.8) is 0 Å². The summed E-state index contributed by atoms with van der Waals surface area (Å²) in [5, 5.41) is 13.5. The number of hydrogen-bond acceptors (Lipinski definition) is 7. The first-order valence-corrected chi connectivity index (χ1v) is 11.9. The second-order valence-corrected chi connectivity index (χ2v) is 10.0. The lowest BCUT2D eigenvalue weighted by Gasteiger charge is -2.29. The van der Waals surface area contributed by atoms with Gasteiger partial charge in [-0.05, 0) is 55.2 Å². The zero-order valence-corrected chi connectivity index (χ0v) is 19.3. The van der Waals surface area contributed by atoms with Gasteiger partial charge in [0.25, 0.3) is 11.6 Å². The summed E-state index contributed by atoms with van der Waals surface area (Å²) in [6.45, 7) is 2.29. The summed E-state index contributed by atoms with van der Waals surface area (Å²) in [6, 6.07) is 8.92. The van der Waals surface area contributed by atoms with Crippen molar-refractivity contribution in [3.8, 4) is 0 Å². The van der Waals surface area contributed by atoms with E-state index >= 15 is 0 Å². The predicted molar refractivity (Wildman–Crippen MR) is 121 cm³/mol. The van der Waals surface area contributed by atoms with Gasteiger partial charge in [0, 0.05) is 24.2 Å². The highest BCUT2D eigenvalue weighted by atomic mass is 35.5. The Morgan fingerprint density at radius 3 is 2.42 bits per heavy atom. The lowest BCUT2D eigenvalue weighted by molar-refractivity contribution is -0.383. The number of sulfonamides is 1. The number of nitro groups is 1. The normalized spacial score (nSPS) is 15.1. The lowest BCUT2D eigenvalue weighted by Crippen LogP contribution is -2.37. The van der Waals surface area contributed by atoms with E-state index in [1.165, 1.54) is 40.7 Å². The molecule has 12 heteroatoms. The Labute approximate surface area is 195 Å². The highest BCUT2D eigenvalue weighted by molar-refractivity contribution is 7.89. The summed E-state index contributed by atoms with van der Waals surface area (Å²) in [4.78, 5) is 34.8. The summed E-state index contributed by atoms with van der Waals surface area (Å²) in [5.41, 5.74) is -0.433. The Kier molecular flexibility index (Phi) is 7.67. The lowest BCUT2D eigenvalue weighted by atomic mass is 10.0. The van der Waals surface area contributed by atoms with E-state index in [4.69, 9.17) is 16.3 Å². The van der Waals surface area contributed by atoms with Crippen LogP contribution >= 0.6 is 11.6 Å². The van der Waals surface area contributed by atoms with Crippen molar-refractivity contribution in [2.75, 3.05) is 25.0 Å². The van der Waals surface area contributed by atoms with E-state index in [9.17, 15) is 28.1 Å². The molecule has 0 aliphatic carbocycles. The van der Waals surface area contributed by atoms with Crippen LogP contribution in [0.25, 0.3) is 0 Å². The van der Waals surface area contributed by atoms with Gasteiger partial charge in [-0.25, -0.2) is 13.2 Å². The van der Waals surface area contributed by atoms with Crippen LogP contribution in [0.15, 0.2) is 47.4 Å². The van der Waals surface area contributed by atoms with Crippen molar-refractivity contribution >= 4 is 44.9 Å². The van der Waals surface area contributed by atoms with Gasteiger partial charge in [-0.3, -0.25) is 14.9 Å². The fraction of sp³-hybridized carbons (Fsp3) is 0.333. The quantitative estimate of drug-likeness (QED) is 0.353. The number of nitrogens with one attached hydrogen (secondary N) is 1. The van der Waals surface area contributed by atoms with Crippen molar-refractivity contribution in [2.24, 2.45) is 5.92 Å². The van der Waals surface area contributed by atoms with Gasteiger partial charge in [-0.1, -0.05) is 18.5 Å². The average molecular weight is 496 g/mol. The number of carbonyl (C=O) groups is 2. The zero-order chi connectivity index (χ0) is 24.2. The molecule has 3 rings (SSSR count). The maximum Gasteiger partial charge on any atom is 0.338 e. The molecule has 0 radical (unpaired) electrons. The molecule has 1 aliphatic rings. The number of nitrogens with zero attached hydrogens (tertiary/aromatic N) is 2. The molecule has 2 aromatic carbocycles. The minimum Gasteiger partial charge on any atom is -0.452 e. The van der Waals surface area contributed by atoms with Crippen LogP contribution in [-0.2, 0) is 19.6 Å². The molecular weight excluding hydrogens is 474 g/mol. The van der Waals surface area contributed by atoms with Crippen molar-refractivity contribution in [2.45, 2.75) is 24.7 Å². The van der Waals surface area contributed by atoms with E-state index in [-0.39, 0.29) is 26.9 Å². The molecule has 1 aliphatic heterocycles. The van der Waals surface area contributed by atoms with Crippen molar-refractivity contribution < 1.29 is 27.7 Å².